The summed E-state index contributed by atoms with van der Waals surface area (Å²) in [5.41, 5.74) is 1.03. The molecule has 1 aromatic carbocycles. The van der Waals surface area contributed by atoms with Gasteiger partial charge in [-0.05, 0) is 38.1 Å². The number of benzene rings is 1. The summed E-state index contributed by atoms with van der Waals surface area (Å²) < 4.78 is 11.8. The van der Waals surface area contributed by atoms with Gasteiger partial charge in [-0.2, -0.15) is 0 Å². The molecule has 4 heteroatoms. The molecule has 1 unspecified atom stereocenters. The quantitative estimate of drug-likeness (QED) is 0.864. The molecule has 0 amide bonds. The first-order valence-corrected chi connectivity index (χ1v) is 7.33. The number of para-hydroxylation sites is 2. The number of aryl methyl sites for hydroxylation is 1. The van der Waals surface area contributed by atoms with Gasteiger partial charge in [-0.15, -0.1) is 0 Å². The second kappa shape index (κ2) is 6.04. The maximum Gasteiger partial charge on any atom is 0.161 e. The van der Waals surface area contributed by atoms with E-state index in [1.807, 2.05) is 49.4 Å². The highest BCUT2D eigenvalue weighted by molar-refractivity contribution is 5.42. The molecule has 1 atom stereocenters. The number of likely N-dealkylation sites (N-methyl/N-ethyl adjacent to an activating group) is 1. The van der Waals surface area contributed by atoms with E-state index in [9.17, 15) is 0 Å². The number of pyridine rings is 1. The molecule has 1 aliphatic rings. The third kappa shape index (κ3) is 3.10. The number of rotatable bonds is 4. The number of hydrogen-bond acceptors (Lipinski definition) is 4. The van der Waals surface area contributed by atoms with Gasteiger partial charge in [-0.25, -0.2) is 4.98 Å². The molecule has 0 aliphatic carbocycles. The van der Waals surface area contributed by atoms with Crippen molar-refractivity contribution < 1.29 is 9.47 Å². The van der Waals surface area contributed by atoms with Crippen LogP contribution in [0.4, 0.5) is 5.82 Å². The Morgan fingerprint density at radius 1 is 1.14 bits per heavy atom. The Kier molecular flexibility index (Phi) is 3.95. The van der Waals surface area contributed by atoms with Crippen molar-refractivity contribution in [1.29, 1.82) is 0 Å². The Morgan fingerprint density at radius 2 is 1.95 bits per heavy atom. The molecule has 21 heavy (non-hydrogen) atoms. The highest BCUT2D eigenvalue weighted by Gasteiger charge is 2.23. The molecule has 2 heterocycles. The topological polar surface area (TPSA) is 34.6 Å². The van der Waals surface area contributed by atoms with E-state index >= 15 is 0 Å². The lowest BCUT2D eigenvalue weighted by Gasteiger charge is -2.31. The van der Waals surface area contributed by atoms with Crippen LogP contribution in [-0.2, 0) is 0 Å². The molecule has 0 bridgehead atoms. The van der Waals surface area contributed by atoms with Crippen LogP contribution in [0.15, 0.2) is 42.5 Å². The summed E-state index contributed by atoms with van der Waals surface area (Å²) in [7, 11) is 0. The van der Waals surface area contributed by atoms with E-state index in [1.54, 1.807) is 0 Å². The molecule has 0 saturated carbocycles. The molecule has 3 rings (SSSR count). The first-order valence-electron chi connectivity index (χ1n) is 7.33. The Labute approximate surface area is 125 Å². The largest absolute Gasteiger partial charge is 0.486 e. The number of ether oxygens (including phenoxy) is 2. The lowest BCUT2D eigenvalue weighted by molar-refractivity contribution is 0.0953. The molecular weight excluding hydrogens is 264 g/mol. The molecule has 0 saturated heterocycles. The highest BCUT2D eigenvalue weighted by atomic mass is 16.6. The maximum atomic E-state index is 6.02. The van der Waals surface area contributed by atoms with Crippen LogP contribution < -0.4 is 14.4 Å². The van der Waals surface area contributed by atoms with E-state index in [0.29, 0.717) is 6.61 Å². The zero-order valence-corrected chi connectivity index (χ0v) is 12.5. The zero-order chi connectivity index (χ0) is 14.7. The standard InChI is InChI=1S/C17H20N2O2/c1-3-19(17-10-6-7-13(2)18-17)11-14-12-20-15-8-4-5-9-16(15)21-14/h4-10,14H,3,11-12H2,1-2H3. The number of anilines is 1. The van der Waals surface area contributed by atoms with E-state index in [1.165, 1.54) is 0 Å². The van der Waals surface area contributed by atoms with E-state index in [4.69, 9.17) is 9.47 Å². The van der Waals surface area contributed by atoms with Gasteiger partial charge in [0, 0.05) is 12.2 Å². The molecule has 2 aromatic rings. The predicted molar refractivity (Wildman–Crippen MR) is 83.2 cm³/mol. The number of fused-ring (bicyclic) bond motifs is 1. The van der Waals surface area contributed by atoms with Gasteiger partial charge in [0.15, 0.2) is 17.6 Å². The summed E-state index contributed by atoms with van der Waals surface area (Å²) >= 11 is 0. The number of nitrogens with zero attached hydrogens (tertiary/aromatic N) is 2. The van der Waals surface area contributed by atoms with E-state index in [2.05, 4.69) is 16.8 Å². The summed E-state index contributed by atoms with van der Waals surface area (Å²) in [4.78, 5) is 6.80. The van der Waals surface area contributed by atoms with Gasteiger partial charge in [-0.3, -0.25) is 0 Å². The highest BCUT2D eigenvalue weighted by Crippen LogP contribution is 2.31. The van der Waals surface area contributed by atoms with Crippen molar-refractivity contribution in [2.24, 2.45) is 0 Å². The Balaban J connectivity index is 1.71. The van der Waals surface area contributed by atoms with Crippen molar-refractivity contribution in [3.63, 3.8) is 0 Å². The van der Waals surface area contributed by atoms with Crippen molar-refractivity contribution >= 4 is 5.82 Å². The summed E-state index contributed by atoms with van der Waals surface area (Å²) in [6.07, 6.45) is 0.0159. The van der Waals surface area contributed by atoms with Crippen molar-refractivity contribution in [2.75, 3.05) is 24.6 Å². The van der Waals surface area contributed by atoms with Crippen molar-refractivity contribution in [1.82, 2.24) is 4.98 Å². The van der Waals surface area contributed by atoms with Crippen LogP contribution in [-0.4, -0.2) is 30.8 Å². The fraction of sp³-hybridized carbons (Fsp3) is 0.353. The summed E-state index contributed by atoms with van der Waals surface area (Å²) in [6.45, 7) is 6.36. The molecule has 1 aliphatic heterocycles. The smallest absolute Gasteiger partial charge is 0.161 e. The molecule has 4 nitrogen and oxygen atoms in total. The lowest BCUT2D eigenvalue weighted by atomic mass is 10.2. The third-order valence-electron chi connectivity index (χ3n) is 3.57. The number of hydrogen-bond donors (Lipinski definition) is 0. The summed E-state index contributed by atoms with van der Waals surface area (Å²) in [5, 5.41) is 0. The minimum Gasteiger partial charge on any atom is -0.486 e. The van der Waals surface area contributed by atoms with Gasteiger partial charge in [-0.1, -0.05) is 18.2 Å². The Bertz CT molecular complexity index is 615. The van der Waals surface area contributed by atoms with Crippen LogP contribution >= 0.6 is 0 Å². The van der Waals surface area contributed by atoms with E-state index in [-0.39, 0.29) is 6.10 Å². The SMILES string of the molecule is CCN(CC1COc2ccccc2O1)c1cccc(C)n1. The monoisotopic (exact) mass is 284 g/mol. The molecule has 0 radical (unpaired) electrons. The molecule has 0 spiro atoms. The minimum absolute atomic E-state index is 0.0159. The van der Waals surface area contributed by atoms with Crippen LogP contribution in [0, 0.1) is 6.92 Å². The molecule has 0 N–H and O–H groups in total. The first-order chi connectivity index (χ1) is 10.3. The molecular formula is C17H20N2O2. The second-order valence-corrected chi connectivity index (χ2v) is 5.17. The molecule has 0 fully saturated rings. The molecule has 1 aromatic heterocycles. The number of aromatic nitrogens is 1. The van der Waals surface area contributed by atoms with E-state index < -0.39 is 0 Å². The normalized spacial score (nSPS) is 16.6. The summed E-state index contributed by atoms with van der Waals surface area (Å²) in [6, 6.07) is 13.9. The van der Waals surface area contributed by atoms with Crippen molar-refractivity contribution in [3.05, 3.63) is 48.2 Å². The average Bonchev–Trinajstić information content (AvgIpc) is 2.52. The predicted octanol–water partition coefficient (Wildman–Crippen LogP) is 3.06. The fourth-order valence-electron chi connectivity index (χ4n) is 2.49. The first kappa shape index (κ1) is 13.7. The third-order valence-corrected chi connectivity index (χ3v) is 3.57. The fourth-order valence-corrected chi connectivity index (χ4v) is 2.49. The van der Waals surface area contributed by atoms with Crippen molar-refractivity contribution in [2.45, 2.75) is 20.0 Å². The van der Waals surface area contributed by atoms with Gasteiger partial charge in [0.25, 0.3) is 0 Å². The van der Waals surface area contributed by atoms with Crippen LogP contribution in [0.3, 0.4) is 0 Å². The van der Waals surface area contributed by atoms with Gasteiger partial charge in [0.2, 0.25) is 0 Å². The van der Waals surface area contributed by atoms with Crippen LogP contribution in [0.25, 0.3) is 0 Å². The summed E-state index contributed by atoms with van der Waals surface area (Å²) in [5.74, 6) is 2.63. The Morgan fingerprint density at radius 3 is 2.71 bits per heavy atom. The van der Waals surface area contributed by atoms with Gasteiger partial charge in [0.1, 0.15) is 12.4 Å². The van der Waals surface area contributed by atoms with Gasteiger partial charge >= 0.3 is 0 Å². The maximum absolute atomic E-state index is 6.02. The van der Waals surface area contributed by atoms with Gasteiger partial charge < -0.3 is 14.4 Å². The van der Waals surface area contributed by atoms with Gasteiger partial charge in [0.05, 0.1) is 6.54 Å². The molecule has 110 valence electrons. The second-order valence-electron chi connectivity index (χ2n) is 5.17. The Hall–Kier alpha value is -2.23. The minimum atomic E-state index is 0.0159. The average molecular weight is 284 g/mol. The van der Waals surface area contributed by atoms with Crippen LogP contribution in [0.2, 0.25) is 0 Å². The van der Waals surface area contributed by atoms with Crippen LogP contribution in [0.5, 0.6) is 11.5 Å². The zero-order valence-electron chi connectivity index (χ0n) is 12.5. The van der Waals surface area contributed by atoms with Crippen molar-refractivity contribution in [3.8, 4) is 11.5 Å². The van der Waals surface area contributed by atoms with E-state index in [0.717, 1.165) is 36.1 Å². The lowest BCUT2D eigenvalue weighted by Crippen LogP contribution is -2.41. The van der Waals surface area contributed by atoms with Crippen LogP contribution in [0.1, 0.15) is 12.6 Å².